The van der Waals surface area contributed by atoms with E-state index in [2.05, 4.69) is 25.7 Å². The van der Waals surface area contributed by atoms with Crippen LogP contribution < -0.4 is 0 Å². The molecule has 0 aliphatic heterocycles. The lowest BCUT2D eigenvalue weighted by Gasteiger charge is -2.27. The largest absolute Gasteiger partial charge is 0.389 e. The monoisotopic (exact) mass is 810 g/mol. The Morgan fingerprint density at radius 3 is 0.754 bits per heavy atom. The molecule has 0 saturated carbocycles. The SMILES string of the molecule is CCCCCCCCCCCCCCCCCCN(CC(O)COCCCCCCCCCCCCCC)CC(O)COCCCCCCCCCCCCCC. The zero-order valence-corrected chi connectivity index (χ0v) is 39.5. The summed E-state index contributed by atoms with van der Waals surface area (Å²) in [6.45, 7) is 11.2. The first-order chi connectivity index (χ1) is 28.1. The number of hydrogen-bond acceptors (Lipinski definition) is 5. The van der Waals surface area contributed by atoms with Crippen LogP contribution in [-0.2, 0) is 9.47 Å². The van der Waals surface area contributed by atoms with E-state index in [1.165, 1.54) is 238 Å². The van der Waals surface area contributed by atoms with Gasteiger partial charge in [-0.15, -0.1) is 0 Å². The summed E-state index contributed by atoms with van der Waals surface area (Å²) in [5.41, 5.74) is 0. The number of aliphatic hydroxyl groups is 2. The maximum absolute atomic E-state index is 10.9. The van der Waals surface area contributed by atoms with Crippen LogP contribution in [0.2, 0.25) is 0 Å². The Hall–Kier alpha value is -0.200. The van der Waals surface area contributed by atoms with E-state index in [1.54, 1.807) is 0 Å². The highest BCUT2D eigenvalue weighted by molar-refractivity contribution is 4.69. The van der Waals surface area contributed by atoms with Crippen molar-refractivity contribution in [1.82, 2.24) is 4.90 Å². The first kappa shape index (κ1) is 56.8. The smallest absolute Gasteiger partial charge is 0.0900 e. The van der Waals surface area contributed by atoms with Gasteiger partial charge >= 0.3 is 0 Å². The van der Waals surface area contributed by atoms with E-state index in [1.807, 2.05) is 0 Å². The van der Waals surface area contributed by atoms with Crippen molar-refractivity contribution in [3.05, 3.63) is 0 Å². The van der Waals surface area contributed by atoms with Crippen LogP contribution in [-0.4, -0.2) is 73.4 Å². The number of unbranched alkanes of at least 4 members (excludes halogenated alkanes) is 37. The molecule has 5 nitrogen and oxygen atoms in total. The molecule has 0 aromatic carbocycles. The third kappa shape index (κ3) is 48.3. The first-order valence-corrected chi connectivity index (χ1v) is 26.4. The van der Waals surface area contributed by atoms with E-state index in [4.69, 9.17) is 9.47 Å². The maximum atomic E-state index is 10.9. The van der Waals surface area contributed by atoms with Gasteiger partial charge in [0.15, 0.2) is 0 Å². The molecule has 2 unspecified atom stereocenters. The van der Waals surface area contributed by atoms with Gasteiger partial charge in [-0.2, -0.15) is 0 Å². The summed E-state index contributed by atoms with van der Waals surface area (Å²) in [5.74, 6) is 0. The highest BCUT2D eigenvalue weighted by atomic mass is 16.5. The number of hydrogen-bond donors (Lipinski definition) is 2. The summed E-state index contributed by atoms with van der Waals surface area (Å²) in [7, 11) is 0. The van der Waals surface area contributed by atoms with Crippen LogP contribution in [0.4, 0.5) is 0 Å². The predicted molar refractivity (Wildman–Crippen MR) is 252 cm³/mol. The fourth-order valence-electron chi connectivity index (χ4n) is 8.37. The van der Waals surface area contributed by atoms with E-state index in [0.717, 1.165) is 39.0 Å². The van der Waals surface area contributed by atoms with Crippen molar-refractivity contribution in [2.24, 2.45) is 0 Å². The van der Waals surface area contributed by atoms with Crippen LogP contribution in [0.1, 0.15) is 278 Å². The second-order valence-corrected chi connectivity index (χ2v) is 18.3. The Bertz CT molecular complexity index is 668. The van der Waals surface area contributed by atoms with Crippen molar-refractivity contribution >= 4 is 0 Å². The van der Waals surface area contributed by atoms with E-state index in [-0.39, 0.29) is 0 Å². The molecule has 5 heteroatoms. The lowest BCUT2D eigenvalue weighted by atomic mass is 10.0. The van der Waals surface area contributed by atoms with Gasteiger partial charge < -0.3 is 19.7 Å². The number of aliphatic hydroxyl groups excluding tert-OH is 2. The molecule has 0 fully saturated rings. The fourth-order valence-corrected chi connectivity index (χ4v) is 8.37. The zero-order chi connectivity index (χ0) is 41.4. The Morgan fingerprint density at radius 1 is 0.298 bits per heavy atom. The highest BCUT2D eigenvalue weighted by Crippen LogP contribution is 2.16. The van der Waals surface area contributed by atoms with Gasteiger partial charge in [0.25, 0.3) is 0 Å². The Kier molecular flexibility index (Phi) is 50.0. The molecule has 0 aliphatic carbocycles. The Balaban J connectivity index is 4.19. The van der Waals surface area contributed by atoms with Crippen LogP contribution in [0.15, 0.2) is 0 Å². The summed E-state index contributed by atoms with van der Waals surface area (Å²) in [4.78, 5) is 2.26. The van der Waals surface area contributed by atoms with Crippen LogP contribution in [0, 0.1) is 0 Å². The van der Waals surface area contributed by atoms with Crippen molar-refractivity contribution in [1.29, 1.82) is 0 Å². The summed E-state index contributed by atoms with van der Waals surface area (Å²) >= 11 is 0. The van der Waals surface area contributed by atoms with E-state index < -0.39 is 12.2 Å². The van der Waals surface area contributed by atoms with Gasteiger partial charge in [-0.1, -0.05) is 258 Å². The van der Waals surface area contributed by atoms with Gasteiger partial charge in [0.05, 0.1) is 25.4 Å². The van der Waals surface area contributed by atoms with Gasteiger partial charge in [0.1, 0.15) is 0 Å². The molecule has 0 amide bonds. The normalized spacial score (nSPS) is 12.9. The molecule has 0 radical (unpaired) electrons. The van der Waals surface area contributed by atoms with Crippen molar-refractivity contribution in [2.75, 3.05) is 46.1 Å². The topological polar surface area (TPSA) is 62.2 Å². The molecule has 0 aromatic heterocycles. The molecule has 0 heterocycles. The second-order valence-electron chi connectivity index (χ2n) is 18.3. The fraction of sp³-hybridized carbons (Fsp3) is 1.00. The van der Waals surface area contributed by atoms with Crippen molar-refractivity contribution < 1.29 is 19.7 Å². The van der Waals surface area contributed by atoms with Crippen LogP contribution in [0.5, 0.6) is 0 Å². The zero-order valence-electron chi connectivity index (χ0n) is 39.5. The molecule has 2 N–H and O–H groups in total. The third-order valence-electron chi connectivity index (χ3n) is 12.2. The minimum Gasteiger partial charge on any atom is -0.389 e. The molecule has 0 saturated heterocycles. The van der Waals surface area contributed by atoms with Gasteiger partial charge in [-0.25, -0.2) is 0 Å². The quantitative estimate of drug-likeness (QED) is 0.0599. The van der Waals surface area contributed by atoms with Crippen molar-refractivity contribution in [2.45, 2.75) is 290 Å². The minimum absolute atomic E-state index is 0.388. The van der Waals surface area contributed by atoms with Crippen LogP contribution >= 0.6 is 0 Å². The molecule has 0 bridgehead atoms. The average molecular weight is 810 g/mol. The molecular formula is C52H107NO4. The van der Waals surface area contributed by atoms with Gasteiger partial charge in [-0.05, 0) is 25.8 Å². The first-order valence-electron chi connectivity index (χ1n) is 26.4. The molecule has 0 aliphatic rings. The number of ether oxygens (including phenoxy) is 2. The molecule has 344 valence electrons. The van der Waals surface area contributed by atoms with E-state index in [0.29, 0.717) is 26.3 Å². The van der Waals surface area contributed by atoms with Crippen LogP contribution in [0.25, 0.3) is 0 Å². The summed E-state index contributed by atoms with van der Waals surface area (Å²) < 4.78 is 11.8. The Labute approximate surface area is 359 Å². The molecule has 0 rings (SSSR count). The van der Waals surface area contributed by atoms with E-state index >= 15 is 0 Å². The summed E-state index contributed by atoms with van der Waals surface area (Å²) in [5, 5.41) is 21.8. The average Bonchev–Trinajstić information content (AvgIpc) is 3.20. The van der Waals surface area contributed by atoms with Gasteiger partial charge in [-0.3, -0.25) is 4.90 Å². The molecule has 57 heavy (non-hydrogen) atoms. The standard InChI is InChI=1S/C52H107NO4/c1-4-7-10-13-16-19-22-25-26-27-28-29-32-35-38-41-44-53(47-51(54)49-56-45-42-39-36-33-30-23-20-17-14-11-8-5-2)48-52(55)50-57-46-43-40-37-34-31-24-21-18-15-12-9-6-3/h51-52,54-55H,4-50H2,1-3H3. The lowest BCUT2D eigenvalue weighted by molar-refractivity contribution is -0.0113. The molecule has 0 spiro atoms. The molecule has 2 atom stereocenters. The number of rotatable bonds is 51. The van der Waals surface area contributed by atoms with Gasteiger partial charge in [0.2, 0.25) is 0 Å². The molecule has 0 aromatic rings. The summed E-state index contributed by atoms with van der Waals surface area (Å²) in [6, 6.07) is 0. The minimum atomic E-state index is -0.516. The Morgan fingerprint density at radius 2 is 0.509 bits per heavy atom. The van der Waals surface area contributed by atoms with Gasteiger partial charge in [0, 0.05) is 26.3 Å². The van der Waals surface area contributed by atoms with Crippen molar-refractivity contribution in [3.8, 4) is 0 Å². The number of nitrogens with zero attached hydrogens (tertiary/aromatic N) is 1. The maximum Gasteiger partial charge on any atom is 0.0900 e. The molecular weight excluding hydrogens is 703 g/mol. The van der Waals surface area contributed by atoms with Crippen molar-refractivity contribution in [3.63, 3.8) is 0 Å². The second kappa shape index (κ2) is 50.2. The highest BCUT2D eigenvalue weighted by Gasteiger charge is 2.16. The predicted octanol–water partition coefficient (Wildman–Crippen LogP) is 15.7. The summed E-state index contributed by atoms with van der Waals surface area (Å²) in [6.07, 6.45) is 53.1. The lowest BCUT2D eigenvalue weighted by Crippen LogP contribution is -2.41. The third-order valence-corrected chi connectivity index (χ3v) is 12.2. The van der Waals surface area contributed by atoms with Crippen LogP contribution in [0.3, 0.4) is 0 Å². The van der Waals surface area contributed by atoms with E-state index in [9.17, 15) is 10.2 Å².